The Labute approximate surface area is 141 Å². The lowest BCUT2D eigenvalue weighted by Gasteiger charge is -2.14. The molecule has 1 saturated heterocycles. The van der Waals surface area contributed by atoms with Crippen LogP contribution in [0.15, 0.2) is 53.7 Å². The number of aromatic carboxylic acids is 1. The van der Waals surface area contributed by atoms with Gasteiger partial charge in [0.15, 0.2) is 4.32 Å². The van der Waals surface area contributed by atoms with E-state index < -0.39 is 5.97 Å². The van der Waals surface area contributed by atoms with Gasteiger partial charge in [0, 0.05) is 12.4 Å². The van der Waals surface area contributed by atoms with Gasteiger partial charge in [0.05, 0.1) is 16.2 Å². The van der Waals surface area contributed by atoms with E-state index in [2.05, 4.69) is 4.98 Å². The third kappa shape index (κ3) is 3.15. The van der Waals surface area contributed by atoms with Gasteiger partial charge in [-0.1, -0.05) is 24.0 Å². The second-order valence-electron chi connectivity index (χ2n) is 4.65. The van der Waals surface area contributed by atoms with Gasteiger partial charge < -0.3 is 5.11 Å². The van der Waals surface area contributed by atoms with E-state index in [1.54, 1.807) is 42.7 Å². The first-order valence-corrected chi connectivity index (χ1v) is 7.80. The van der Waals surface area contributed by atoms with Crippen molar-refractivity contribution in [2.75, 3.05) is 4.90 Å². The van der Waals surface area contributed by atoms with Crippen LogP contribution in [0.1, 0.15) is 15.9 Å². The van der Waals surface area contributed by atoms with Crippen LogP contribution < -0.4 is 4.90 Å². The average molecular weight is 342 g/mol. The van der Waals surface area contributed by atoms with E-state index in [9.17, 15) is 9.59 Å². The van der Waals surface area contributed by atoms with Crippen LogP contribution in [0.25, 0.3) is 6.08 Å². The summed E-state index contributed by atoms with van der Waals surface area (Å²) in [4.78, 5) is 29.3. The number of pyridine rings is 1. The highest BCUT2D eigenvalue weighted by Crippen LogP contribution is 2.35. The molecule has 7 heteroatoms. The maximum Gasteiger partial charge on any atom is 0.335 e. The molecule has 1 aliphatic heterocycles. The predicted octanol–water partition coefficient (Wildman–Crippen LogP) is 3.19. The summed E-state index contributed by atoms with van der Waals surface area (Å²) in [6.45, 7) is 0. The number of thioether (sulfide) groups is 1. The van der Waals surface area contributed by atoms with Crippen LogP contribution >= 0.6 is 24.0 Å². The van der Waals surface area contributed by atoms with Gasteiger partial charge in [-0.05, 0) is 48.0 Å². The van der Waals surface area contributed by atoms with E-state index in [4.69, 9.17) is 17.3 Å². The molecule has 0 spiro atoms. The maximum atomic E-state index is 12.6. The molecule has 0 aliphatic carbocycles. The molecule has 0 bridgehead atoms. The lowest BCUT2D eigenvalue weighted by atomic mass is 10.2. The quantitative estimate of drug-likeness (QED) is 0.682. The third-order valence-electron chi connectivity index (χ3n) is 3.17. The molecule has 0 radical (unpaired) electrons. The first-order chi connectivity index (χ1) is 11.1. The zero-order valence-corrected chi connectivity index (χ0v) is 13.3. The molecule has 1 amide bonds. The van der Waals surface area contributed by atoms with Crippen molar-refractivity contribution in [3.05, 3.63) is 64.8 Å². The summed E-state index contributed by atoms with van der Waals surface area (Å²) >= 11 is 6.49. The smallest absolute Gasteiger partial charge is 0.335 e. The van der Waals surface area contributed by atoms with Gasteiger partial charge in [-0.15, -0.1) is 0 Å². The molecule has 114 valence electrons. The number of aromatic nitrogens is 1. The number of rotatable bonds is 3. The Morgan fingerprint density at radius 2 is 1.83 bits per heavy atom. The van der Waals surface area contributed by atoms with E-state index in [1.165, 1.54) is 28.8 Å². The van der Waals surface area contributed by atoms with Crippen molar-refractivity contribution in [1.29, 1.82) is 0 Å². The fourth-order valence-electron chi connectivity index (χ4n) is 2.05. The van der Waals surface area contributed by atoms with Crippen molar-refractivity contribution >= 4 is 51.9 Å². The van der Waals surface area contributed by atoms with Crippen LogP contribution in [0, 0.1) is 0 Å². The molecule has 0 saturated carbocycles. The number of thiocarbonyl (C=S) groups is 1. The van der Waals surface area contributed by atoms with Crippen LogP contribution in [0.5, 0.6) is 0 Å². The first kappa shape index (κ1) is 15.4. The molecular formula is C16H10N2O3S2. The minimum absolute atomic E-state index is 0.159. The molecule has 1 aromatic heterocycles. The highest BCUT2D eigenvalue weighted by Gasteiger charge is 2.33. The topological polar surface area (TPSA) is 70.5 Å². The standard InChI is InChI=1S/C16H10N2O3S2/c19-14-13(9-10-5-7-17-8-6-10)23-16(22)18(14)12-3-1-11(2-4-12)15(20)21/h1-9H,(H,20,21)/b13-9-. The minimum atomic E-state index is -1.01. The Bertz CT molecular complexity index is 817. The number of hydrogen-bond acceptors (Lipinski definition) is 5. The van der Waals surface area contributed by atoms with Crippen molar-refractivity contribution in [3.63, 3.8) is 0 Å². The fourth-order valence-corrected chi connectivity index (χ4v) is 3.35. The number of carbonyl (C=O) groups excluding carboxylic acids is 1. The number of carboxylic acid groups (broad SMARTS) is 1. The fraction of sp³-hybridized carbons (Fsp3) is 0. The van der Waals surface area contributed by atoms with Crippen molar-refractivity contribution < 1.29 is 14.7 Å². The van der Waals surface area contributed by atoms with Crippen LogP contribution in [-0.4, -0.2) is 26.3 Å². The summed E-state index contributed by atoms with van der Waals surface area (Å²) in [5, 5.41) is 8.93. The summed E-state index contributed by atoms with van der Waals surface area (Å²) in [5.41, 5.74) is 1.57. The molecule has 2 aromatic rings. The van der Waals surface area contributed by atoms with E-state index >= 15 is 0 Å². The Hall–Kier alpha value is -2.51. The normalized spacial score (nSPS) is 16.2. The Morgan fingerprint density at radius 1 is 1.17 bits per heavy atom. The van der Waals surface area contributed by atoms with Crippen molar-refractivity contribution in [1.82, 2.24) is 4.98 Å². The van der Waals surface area contributed by atoms with E-state index in [0.29, 0.717) is 14.9 Å². The number of benzene rings is 1. The van der Waals surface area contributed by atoms with Crippen molar-refractivity contribution in [2.45, 2.75) is 0 Å². The van der Waals surface area contributed by atoms with Crippen LogP contribution in [0.2, 0.25) is 0 Å². The van der Waals surface area contributed by atoms with Crippen molar-refractivity contribution in [2.24, 2.45) is 0 Å². The first-order valence-electron chi connectivity index (χ1n) is 6.57. The van der Waals surface area contributed by atoms with Gasteiger partial charge in [-0.2, -0.15) is 0 Å². The Morgan fingerprint density at radius 3 is 2.43 bits per heavy atom. The number of hydrogen-bond donors (Lipinski definition) is 1. The van der Waals surface area contributed by atoms with Gasteiger partial charge in [-0.25, -0.2) is 4.79 Å². The molecule has 1 aliphatic rings. The maximum absolute atomic E-state index is 12.6. The molecule has 2 heterocycles. The van der Waals surface area contributed by atoms with Crippen LogP contribution in [0.4, 0.5) is 5.69 Å². The van der Waals surface area contributed by atoms with Crippen molar-refractivity contribution in [3.8, 4) is 0 Å². The Balaban J connectivity index is 1.90. The van der Waals surface area contributed by atoms with Gasteiger partial charge in [-0.3, -0.25) is 14.7 Å². The molecule has 0 atom stereocenters. The number of amides is 1. The van der Waals surface area contributed by atoms with Gasteiger partial charge in [0.1, 0.15) is 0 Å². The monoisotopic (exact) mass is 342 g/mol. The zero-order valence-electron chi connectivity index (χ0n) is 11.7. The minimum Gasteiger partial charge on any atom is -0.478 e. The molecule has 1 N–H and O–H groups in total. The molecule has 1 aromatic carbocycles. The molecular weight excluding hydrogens is 332 g/mol. The molecule has 0 unspecified atom stereocenters. The Kier molecular flexibility index (Phi) is 4.22. The summed E-state index contributed by atoms with van der Waals surface area (Å²) < 4.78 is 0.415. The average Bonchev–Trinajstić information content (AvgIpc) is 2.82. The number of carbonyl (C=O) groups is 2. The largest absolute Gasteiger partial charge is 0.478 e. The lowest BCUT2D eigenvalue weighted by molar-refractivity contribution is -0.113. The second-order valence-corrected chi connectivity index (χ2v) is 6.33. The summed E-state index contributed by atoms with van der Waals surface area (Å²) in [6.07, 6.45) is 5.06. The predicted molar refractivity (Wildman–Crippen MR) is 93.3 cm³/mol. The highest BCUT2D eigenvalue weighted by molar-refractivity contribution is 8.27. The third-order valence-corrected chi connectivity index (χ3v) is 4.47. The molecule has 3 rings (SSSR count). The molecule has 5 nitrogen and oxygen atoms in total. The van der Waals surface area contributed by atoms with Crippen LogP contribution in [-0.2, 0) is 4.79 Å². The molecule has 23 heavy (non-hydrogen) atoms. The SMILES string of the molecule is O=C(O)c1ccc(N2C(=O)/C(=C/c3ccncc3)SC2=S)cc1. The highest BCUT2D eigenvalue weighted by atomic mass is 32.2. The van der Waals surface area contributed by atoms with E-state index in [0.717, 1.165) is 5.56 Å². The van der Waals surface area contributed by atoms with Gasteiger partial charge in [0.2, 0.25) is 0 Å². The number of carboxylic acids is 1. The van der Waals surface area contributed by atoms with Gasteiger partial charge >= 0.3 is 5.97 Å². The second kappa shape index (κ2) is 6.31. The summed E-state index contributed by atoms with van der Waals surface area (Å²) in [7, 11) is 0. The van der Waals surface area contributed by atoms with E-state index in [1.807, 2.05) is 0 Å². The lowest BCUT2D eigenvalue weighted by Crippen LogP contribution is -2.27. The summed E-state index contributed by atoms with van der Waals surface area (Å²) in [6, 6.07) is 9.64. The van der Waals surface area contributed by atoms with Gasteiger partial charge in [0.25, 0.3) is 5.91 Å². The van der Waals surface area contributed by atoms with E-state index in [-0.39, 0.29) is 11.5 Å². The zero-order chi connectivity index (χ0) is 16.4. The number of anilines is 1. The number of nitrogens with zero attached hydrogens (tertiary/aromatic N) is 2. The summed E-state index contributed by atoms with van der Waals surface area (Å²) in [5.74, 6) is -1.24. The molecule has 1 fully saturated rings. The van der Waals surface area contributed by atoms with Crippen LogP contribution in [0.3, 0.4) is 0 Å².